The van der Waals surface area contributed by atoms with Crippen LogP contribution in [0, 0.1) is 6.92 Å². The third kappa shape index (κ3) is 3.73. The first-order valence-electron chi connectivity index (χ1n) is 8.20. The summed E-state index contributed by atoms with van der Waals surface area (Å²) in [5, 5.41) is 9.54. The van der Waals surface area contributed by atoms with E-state index in [1.165, 1.54) is 11.0 Å². The van der Waals surface area contributed by atoms with Crippen LogP contribution < -0.4 is 4.90 Å². The van der Waals surface area contributed by atoms with Crippen LogP contribution in [0.15, 0.2) is 46.2 Å². The highest BCUT2D eigenvalue weighted by molar-refractivity contribution is 7.99. The van der Waals surface area contributed by atoms with Crippen molar-refractivity contribution in [2.45, 2.75) is 42.3 Å². The standard InChI is InChI=1S/C19H18F3NO2S/c1-12-4-2-5-16(14(12)11-24)26-17-8-7-13(10-15(17)19(20,21)22)23-9-3-6-18(23)25/h2,4-5,7-8,10,24H,3,6,9,11H2,1H3. The zero-order chi connectivity index (χ0) is 18.9. The second-order valence-electron chi connectivity index (χ2n) is 6.14. The Balaban J connectivity index is 2.02. The van der Waals surface area contributed by atoms with Crippen molar-refractivity contribution in [3.63, 3.8) is 0 Å². The van der Waals surface area contributed by atoms with Gasteiger partial charge in [0.05, 0.1) is 12.2 Å². The summed E-state index contributed by atoms with van der Waals surface area (Å²) in [6.07, 6.45) is -3.52. The molecule has 1 fully saturated rings. The van der Waals surface area contributed by atoms with Gasteiger partial charge in [-0.2, -0.15) is 13.2 Å². The molecule has 0 unspecified atom stereocenters. The molecular weight excluding hydrogens is 363 g/mol. The lowest BCUT2D eigenvalue weighted by molar-refractivity contribution is -0.139. The first kappa shape index (κ1) is 18.8. The Morgan fingerprint density at radius 1 is 1.19 bits per heavy atom. The molecule has 2 aromatic rings. The molecule has 0 aromatic heterocycles. The van der Waals surface area contributed by atoms with Gasteiger partial charge < -0.3 is 10.0 Å². The van der Waals surface area contributed by atoms with Crippen LogP contribution in [0.2, 0.25) is 0 Å². The average Bonchev–Trinajstić information content (AvgIpc) is 3.00. The van der Waals surface area contributed by atoms with E-state index in [4.69, 9.17) is 0 Å². The Morgan fingerprint density at radius 2 is 1.96 bits per heavy atom. The van der Waals surface area contributed by atoms with E-state index < -0.39 is 11.7 Å². The Bertz CT molecular complexity index is 836. The number of anilines is 1. The summed E-state index contributed by atoms with van der Waals surface area (Å²) in [6, 6.07) is 9.25. The monoisotopic (exact) mass is 381 g/mol. The minimum Gasteiger partial charge on any atom is -0.392 e. The van der Waals surface area contributed by atoms with Crippen LogP contribution in [0.4, 0.5) is 18.9 Å². The first-order chi connectivity index (χ1) is 12.3. The Morgan fingerprint density at radius 3 is 2.58 bits per heavy atom. The summed E-state index contributed by atoms with van der Waals surface area (Å²) >= 11 is 0.975. The van der Waals surface area contributed by atoms with Crippen LogP contribution in [-0.4, -0.2) is 17.6 Å². The molecule has 0 saturated carbocycles. The number of benzene rings is 2. The van der Waals surface area contributed by atoms with E-state index in [1.54, 1.807) is 18.2 Å². The SMILES string of the molecule is Cc1cccc(Sc2ccc(N3CCCC3=O)cc2C(F)(F)F)c1CO. The predicted octanol–water partition coefficient (Wildman–Crippen LogP) is 4.78. The number of hydrogen-bond acceptors (Lipinski definition) is 3. The molecule has 2 aromatic carbocycles. The van der Waals surface area contributed by atoms with Crippen LogP contribution in [0.5, 0.6) is 0 Å². The van der Waals surface area contributed by atoms with Crippen molar-refractivity contribution in [2.75, 3.05) is 11.4 Å². The van der Waals surface area contributed by atoms with Gasteiger partial charge in [0.2, 0.25) is 5.91 Å². The van der Waals surface area contributed by atoms with E-state index in [-0.39, 0.29) is 23.1 Å². The maximum absolute atomic E-state index is 13.6. The van der Waals surface area contributed by atoms with E-state index in [9.17, 15) is 23.1 Å². The number of carbonyl (C=O) groups excluding carboxylic acids is 1. The molecule has 138 valence electrons. The highest BCUT2D eigenvalue weighted by Crippen LogP contribution is 2.42. The van der Waals surface area contributed by atoms with Crippen LogP contribution in [0.25, 0.3) is 0 Å². The minimum absolute atomic E-state index is 0.0493. The van der Waals surface area contributed by atoms with Gasteiger partial charge in [-0.1, -0.05) is 23.9 Å². The third-order valence-corrected chi connectivity index (χ3v) is 5.58. The fourth-order valence-corrected chi connectivity index (χ4v) is 4.16. The van der Waals surface area contributed by atoms with Gasteiger partial charge in [0, 0.05) is 28.4 Å². The Kier molecular flexibility index (Phi) is 5.29. The van der Waals surface area contributed by atoms with Gasteiger partial charge in [-0.15, -0.1) is 0 Å². The molecule has 3 rings (SSSR count). The average molecular weight is 381 g/mol. The Hall–Kier alpha value is -1.99. The first-order valence-corrected chi connectivity index (χ1v) is 9.01. The molecule has 0 bridgehead atoms. The third-order valence-electron chi connectivity index (χ3n) is 4.40. The molecule has 0 radical (unpaired) electrons. The molecule has 7 heteroatoms. The number of rotatable bonds is 4. The zero-order valence-corrected chi connectivity index (χ0v) is 15.0. The van der Waals surface area contributed by atoms with Gasteiger partial charge in [-0.05, 0) is 48.7 Å². The van der Waals surface area contributed by atoms with Gasteiger partial charge in [0.1, 0.15) is 0 Å². The van der Waals surface area contributed by atoms with Crippen molar-refractivity contribution in [2.24, 2.45) is 0 Å². The molecule has 1 amide bonds. The summed E-state index contributed by atoms with van der Waals surface area (Å²) < 4.78 is 40.8. The molecular formula is C19H18F3NO2S. The topological polar surface area (TPSA) is 40.5 Å². The van der Waals surface area contributed by atoms with E-state index in [0.717, 1.165) is 23.4 Å². The fourth-order valence-electron chi connectivity index (χ4n) is 3.01. The number of nitrogens with zero attached hydrogens (tertiary/aromatic N) is 1. The van der Waals surface area contributed by atoms with Gasteiger partial charge >= 0.3 is 6.18 Å². The number of alkyl halides is 3. The molecule has 26 heavy (non-hydrogen) atoms. The van der Waals surface area contributed by atoms with Gasteiger partial charge in [0.15, 0.2) is 0 Å². The van der Waals surface area contributed by atoms with Crippen LogP contribution >= 0.6 is 11.8 Å². The van der Waals surface area contributed by atoms with Crippen molar-refractivity contribution in [1.82, 2.24) is 0 Å². The van der Waals surface area contributed by atoms with Gasteiger partial charge in [-0.25, -0.2) is 0 Å². The zero-order valence-electron chi connectivity index (χ0n) is 14.1. The second kappa shape index (κ2) is 7.32. The number of aryl methyl sites for hydroxylation is 1. The van der Waals surface area contributed by atoms with Crippen molar-refractivity contribution < 1.29 is 23.1 Å². The van der Waals surface area contributed by atoms with E-state index in [1.807, 2.05) is 13.0 Å². The van der Waals surface area contributed by atoms with Crippen LogP contribution in [0.1, 0.15) is 29.5 Å². The predicted molar refractivity (Wildman–Crippen MR) is 94.3 cm³/mol. The summed E-state index contributed by atoms with van der Waals surface area (Å²) in [5.74, 6) is -0.153. The number of hydrogen-bond donors (Lipinski definition) is 1. The number of amides is 1. The van der Waals surface area contributed by atoms with Crippen molar-refractivity contribution >= 4 is 23.4 Å². The number of aliphatic hydroxyl groups excluding tert-OH is 1. The number of carbonyl (C=O) groups is 1. The van der Waals surface area contributed by atoms with Crippen LogP contribution in [-0.2, 0) is 17.6 Å². The molecule has 0 aliphatic carbocycles. The van der Waals surface area contributed by atoms with Gasteiger partial charge in [0.25, 0.3) is 0 Å². The molecule has 1 N–H and O–H groups in total. The van der Waals surface area contributed by atoms with Crippen molar-refractivity contribution in [1.29, 1.82) is 0 Å². The maximum Gasteiger partial charge on any atom is 0.417 e. The number of halogens is 3. The summed E-state index contributed by atoms with van der Waals surface area (Å²) in [7, 11) is 0. The quantitative estimate of drug-likeness (QED) is 0.828. The highest BCUT2D eigenvalue weighted by atomic mass is 32.2. The minimum atomic E-state index is -4.54. The lowest BCUT2D eigenvalue weighted by atomic mass is 10.1. The van der Waals surface area contributed by atoms with Crippen molar-refractivity contribution in [3.05, 3.63) is 53.1 Å². The fraction of sp³-hybridized carbons (Fsp3) is 0.316. The van der Waals surface area contributed by atoms with E-state index >= 15 is 0 Å². The second-order valence-corrected chi connectivity index (χ2v) is 7.22. The molecule has 0 spiro atoms. The van der Waals surface area contributed by atoms with E-state index in [2.05, 4.69) is 0 Å². The molecule has 1 heterocycles. The highest BCUT2D eigenvalue weighted by Gasteiger charge is 2.35. The van der Waals surface area contributed by atoms with Crippen molar-refractivity contribution in [3.8, 4) is 0 Å². The molecule has 1 saturated heterocycles. The number of aliphatic hydroxyl groups is 1. The lowest BCUT2D eigenvalue weighted by Crippen LogP contribution is -2.24. The maximum atomic E-state index is 13.6. The van der Waals surface area contributed by atoms with E-state index in [0.29, 0.717) is 29.8 Å². The molecule has 1 aliphatic heterocycles. The van der Waals surface area contributed by atoms with Crippen LogP contribution in [0.3, 0.4) is 0 Å². The summed E-state index contributed by atoms with van der Waals surface area (Å²) in [6.45, 7) is 2.01. The van der Waals surface area contributed by atoms with Gasteiger partial charge in [-0.3, -0.25) is 4.79 Å². The smallest absolute Gasteiger partial charge is 0.392 e. The summed E-state index contributed by atoms with van der Waals surface area (Å²) in [5.41, 5.74) is 0.940. The molecule has 1 aliphatic rings. The molecule has 0 atom stereocenters. The Labute approximate surface area is 153 Å². The summed E-state index contributed by atoms with van der Waals surface area (Å²) in [4.78, 5) is 13.9. The lowest BCUT2D eigenvalue weighted by Gasteiger charge is -2.20. The largest absolute Gasteiger partial charge is 0.417 e. The molecule has 3 nitrogen and oxygen atoms in total. The normalized spacial score (nSPS) is 15.0.